The zero-order chi connectivity index (χ0) is 41.4. The molecule has 8 nitrogen and oxygen atoms in total. The maximum Gasteiger partial charge on any atom is 0.362 e. The van der Waals surface area contributed by atoms with Crippen molar-refractivity contribution in [1.29, 1.82) is 0 Å². The summed E-state index contributed by atoms with van der Waals surface area (Å²) in [7, 11) is 5.50. The van der Waals surface area contributed by atoms with Gasteiger partial charge in [-0.05, 0) is 25.7 Å². The Morgan fingerprint density at radius 3 is 1.41 bits per heavy atom. The Hall–Kier alpha value is -2.45. The standard InChI is InChI=1S/C48H87NO7/c1-6-8-10-12-14-16-17-18-19-20-21-22-23-24-25-26-27-28-29-31-32-34-36-38-46(50)55-43-44(42-54-41-40-45(48(52)53)49(3,4)5)56-47(51)39-37-35-33-30-15-13-11-9-7-2/h9,11,15,30,35,37,44-45H,6-8,10,12-14,16-29,31-34,36,38-43H2,1-5H3/p+1/b11-9+,30-15+,37-35+. The minimum atomic E-state index is -0.886. The fourth-order valence-corrected chi connectivity index (χ4v) is 6.80. The lowest BCUT2D eigenvalue weighted by Gasteiger charge is -2.31. The van der Waals surface area contributed by atoms with E-state index in [1.54, 1.807) is 6.08 Å². The monoisotopic (exact) mass is 791 g/mol. The number of unbranched alkanes of at least 4 members (excludes halogenated alkanes) is 22. The fourth-order valence-electron chi connectivity index (χ4n) is 6.80. The van der Waals surface area contributed by atoms with Gasteiger partial charge in [0.25, 0.3) is 0 Å². The Kier molecular flexibility index (Phi) is 37.7. The van der Waals surface area contributed by atoms with E-state index in [4.69, 9.17) is 14.2 Å². The van der Waals surface area contributed by atoms with Crippen LogP contribution in [0.4, 0.5) is 0 Å². The summed E-state index contributed by atoms with van der Waals surface area (Å²) < 4.78 is 17.1. The van der Waals surface area contributed by atoms with Crippen molar-refractivity contribution < 1.29 is 38.2 Å². The molecule has 2 unspecified atom stereocenters. The average Bonchev–Trinajstić information content (AvgIpc) is 3.15. The lowest BCUT2D eigenvalue weighted by atomic mass is 10.0. The minimum Gasteiger partial charge on any atom is -0.477 e. The van der Waals surface area contributed by atoms with Crippen molar-refractivity contribution in [2.75, 3.05) is 41.0 Å². The van der Waals surface area contributed by atoms with E-state index in [9.17, 15) is 19.5 Å². The van der Waals surface area contributed by atoms with Gasteiger partial charge in [-0.2, -0.15) is 0 Å². The summed E-state index contributed by atoms with van der Waals surface area (Å²) in [5, 5.41) is 9.59. The molecule has 0 aliphatic rings. The highest BCUT2D eigenvalue weighted by atomic mass is 16.6. The smallest absolute Gasteiger partial charge is 0.362 e. The molecule has 0 bridgehead atoms. The number of ether oxygens (including phenoxy) is 3. The molecular formula is C48H88NO7+. The van der Waals surface area contributed by atoms with E-state index < -0.39 is 24.1 Å². The Labute approximate surface area is 344 Å². The minimum absolute atomic E-state index is 0.0275. The third kappa shape index (κ3) is 37.1. The molecule has 0 aromatic rings. The maximum atomic E-state index is 12.6. The fraction of sp³-hybridized carbons (Fsp3) is 0.812. The van der Waals surface area contributed by atoms with E-state index in [0.29, 0.717) is 12.8 Å². The van der Waals surface area contributed by atoms with Crippen LogP contribution in [-0.2, 0) is 28.6 Å². The van der Waals surface area contributed by atoms with E-state index in [0.717, 1.165) is 38.5 Å². The molecule has 1 N–H and O–H groups in total. The van der Waals surface area contributed by atoms with Crippen LogP contribution in [0, 0.1) is 0 Å². The van der Waals surface area contributed by atoms with Gasteiger partial charge in [0.05, 0.1) is 40.8 Å². The largest absolute Gasteiger partial charge is 0.477 e. The molecule has 0 amide bonds. The van der Waals surface area contributed by atoms with Gasteiger partial charge in [-0.1, -0.05) is 192 Å². The second-order valence-electron chi connectivity index (χ2n) is 16.7. The molecule has 2 atom stereocenters. The van der Waals surface area contributed by atoms with Crippen LogP contribution in [0.25, 0.3) is 0 Å². The quantitative estimate of drug-likeness (QED) is 0.0285. The molecule has 56 heavy (non-hydrogen) atoms. The Morgan fingerprint density at radius 2 is 0.982 bits per heavy atom. The van der Waals surface area contributed by atoms with Crippen LogP contribution >= 0.6 is 0 Å². The molecule has 0 heterocycles. The van der Waals surface area contributed by atoms with Crippen LogP contribution in [0.5, 0.6) is 0 Å². The molecule has 0 radical (unpaired) electrons. The van der Waals surface area contributed by atoms with Gasteiger partial charge in [-0.3, -0.25) is 9.59 Å². The first-order valence-corrected chi connectivity index (χ1v) is 23.0. The molecule has 0 spiro atoms. The molecule has 0 aromatic carbocycles. The van der Waals surface area contributed by atoms with Crippen LogP contribution in [0.1, 0.15) is 200 Å². The maximum absolute atomic E-state index is 12.6. The Morgan fingerprint density at radius 1 is 0.554 bits per heavy atom. The lowest BCUT2D eigenvalue weighted by molar-refractivity contribution is -0.887. The van der Waals surface area contributed by atoms with E-state index in [1.165, 1.54) is 128 Å². The van der Waals surface area contributed by atoms with Crippen molar-refractivity contribution in [3.8, 4) is 0 Å². The molecule has 8 heteroatoms. The molecule has 0 rings (SSSR count). The summed E-state index contributed by atoms with van der Waals surface area (Å²) in [6.07, 6.45) is 45.4. The summed E-state index contributed by atoms with van der Waals surface area (Å²) in [5.41, 5.74) is 0. The first-order valence-electron chi connectivity index (χ1n) is 23.0. The van der Waals surface area contributed by atoms with Crippen molar-refractivity contribution in [2.45, 2.75) is 212 Å². The van der Waals surface area contributed by atoms with Gasteiger partial charge in [-0.15, -0.1) is 0 Å². The summed E-state index contributed by atoms with van der Waals surface area (Å²) in [5.74, 6) is -1.61. The zero-order valence-corrected chi connectivity index (χ0v) is 37.1. The number of likely N-dealkylation sites (N-methyl/N-ethyl adjacent to an activating group) is 1. The number of esters is 2. The second kappa shape index (κ2) is 39.4. The molecular weight excluding hydrogens is 703 g/mol. The number of rotatable bonds is 41. The van der Waals surface area contributed by atoms with Crippen molar-refractivity contribution in [3.05, 3.63) is 36.5 Å². The Bertz CT molecular complexity index is 1020. The molecule has 0 aliphatic carbocycles. The van der Waals surface area contributed by atoms with Gasteiger partial charge in [0.15, 0.2) is 12.1 Å². The van der Waals surface area contributed by atoms with Crippen LogP contribution in [-0.4, -0.2) is 80.6 Å². The summed E-state index contributed by atoms with van der Waals surface area (Å²) >= 11 is 0. The SMILES string of the molecule is CC/C=C/C/C=C/C/C=C/CC(=O)OC(COCCC(C(=O)O)[N+](C)(C)C)COC(=O)CCCCCCCCCCCCCCCCCCCCCCCCC. The van der Waals surface area contributed by atoms with Gasteiger partial charge in [0.1, 0.15) is 6.61 Å². The molecule has 0 aliphatic heterocycles. The third-order valence-electron chi connectivity index (χ3n) is 10.3. The first kappa shape index (κ1) is 53.6. The number of nitrogens with zero attached hydrogens (tertiary/aromatic N) is 1. The van der Waals surface area contributed by atoms with Crippen molar-refractivity contribution in [3.63, 3.8) is 0 Å². The summed E-state index contributed by atoms with van der Waals surface area (Å²) in [4.78, 5) is 36.8. The Balaban J connectivity index is 4.14. The van der Waals surface area contributed by atoms with E-state index >= 15 is 0 Å². The summed E-state index contributed by atoms with van der Waals surface area (Å²) in [6.45, 7) is 4.52. The van der Waals surface area contributed by atoms with Gasteiger partial charge in [0.2, 0.25) is 0 Å². The van der Waals surface area contributed by atoms with Crippen LogP contribution in [0.2, 0.25) is 0 Å². The normalized spacial score (nSPS) is 13.2. The van der Waals surface area contributed by atoms with Crippen LogP contribution in [0.15, 0.2) is 36.5 Å². The topological polar surface area (TPSA) is 99.1 Å². The highest BCUT2D eigenvalue weighted by molar-refractivity contribution is 5.72. The number of carboxylic acids is 1. The van der Waals surface area contributed by atoms with Gasteiger partial charge < -0.3 is 23.8 Å². The predicted octanol–water partition coefficient (Wildman–Crippen LogP) is 12.6. The van der Waals surface area contributed by atoms with Crippen molar-refractivity contribution >= 4 is 17.9 Å². The van der Waals surface area contributed by atoms with Gasteiger partial charge >= 0.3 is 17.9 Å². The molecule has 0 aromatic heterocycles. The van der Waals surface area contributed by atoms with Gasteiger partial charge in [0, 0.05) is 12.8 Å². The molecule has 0 fully saturated rings. The predicted molar refractivity (Wildman–Crippen MR) is 234 cm³/mol. The average molecular weight is 791 g/mol. The second-order valence-corrected chi connectivity index (χ2v) is 16.7. The number of carbonyl (C=O) groups is 3. The number of carbonyl (C=O) groups excluding carboxylic acids is 2. The molecule has 0 saturated carbocycles. The lowest BCUT2D eigenvalue weighted by Crippen LogP contribution is -2.50. The first-order chi connectivity index (χ1) is 27.1. The van der Waals surface area contributed by atoms with E-state index in [2.05, 4.69) is 38.2 Å². The molecule has 0 saturated heterocycles. The van der Waals surface area contributed by atoms with Gasteiger partial charge in [-0.25, -0.2) is 4.79 Å². The number of aliphatic carboxylic acids is 1. The zero-order valence-electron chi connectivity index (χ0n) is 37.1. The summed E-state index contributed by atoms with van der Waals surface area (Å²) in [6, 6.07) is -0.626. The number of carboxylic acid groups (broad SMARTS) is 1. The van der Waals surface area contributed by atoms with Crippen molar-refractivity contribution in [2.24, 2.45) is 0 Å². The highest BCUT2D eigenvalue weighted by Gasteiger charge is 2.31. The number of allylic oxidation sites excluding steroid dienone is 5. The third-order valence-corrected chi connectivity index (χ3v) is 10.3. The van der Waals surface area contributed by atoms with E-state index in [-0.39, 0.29) is 36.7 Å². The number of hydrogen-bond donors (Lipinski definition) is 1. The van der Waals surface area contributed by atoms with Crippen molar-refractivity contribution in [1.82, 2.24) is 0 Å². The molecule has 326 valence electrons. The highest BCUT2D eigenvalue weighted by Crippen LogP contribution is 2.16. The number of hydrogen-bond acceptors (Lipinski definition) is 6. The van der Waals surface area contributed by atoms with Crippen LogP contribution < -0.4 is 0 Å². The van der Waals surface area contributed by atoms with Crippen LogP contribution in [0.3, 0.4) is 0 Å². The number of quaternary nitrogens is 1. The van der Waals surface area contributed by atoms with E-state index in [1.807, 2.05) is 27.2 Å².